The number of hydrazine groups is 1. The second-order valence-electron chi connectivity index (χ2n) is 4.97. The average Bonchev–Trinajstić information content (AvgIpc) is 2.78. The third kappa shape index (κ3) is 2.74. The summed E-state index contributed by atoms with van der Waals surface area (Å²) >= 11 is 0. The molecule has 2 fully saturated rings. The van der Waals surface area contributed by atoms with E-state index in [4.69, 9.17) is 10.6 Å². The standard InChI is InChI=1S/C10H20N2O3S/c1-16(13,14)5-4-9(12-11)8-6-7-2-3-10(8)15-7/h7-10,12H,2-6,11H2,1H3. The normalized spacial score (nSPS) is 35.5. The van der Waals surface area contributed by atoms with Crippen LogP contribution in [0.1, 0.15) is 25.7 Å². The van der Waals surface area contributed by atoms with E-state index in [9.17, 15) is 8.42 Å². The van der Waals surface area contributed by atoms with Crippen molar-refractivity contribution in [3.63, 3.8) is 0 Å². The molecule has 0 aromatic heterocycles. The van der Waals surface area contributed by atoms with Gasteiger partial charge in [-0.05, 0) is 25.7 Å². The van der Waals surface area contributed by atoms with Crippen LogP contribution < -0.4 is 11.3 Å². The van der Waals surface area contributed by atoms with Gasteiger partial charge in [0.15, 0.2) is 0 Å². The molecule has 6 heteroatoms. The third-order valence-corrected chi connectivity index (χ3v) is 4.66. The Hall–Kier alpha value is -0.170. The molecule has 16 heavy (non-hydrogen) atoms. The van der Waals surface area contributed by atoms with Gasteiger partial charge in [-0.25, -0.2) is 8.42 Å². The molecule has 0 aromatic rings. The summed E-state index contributed by atoms with van der Waals surface area (Å²) in [6.07, 6.45) is 5.75. The average molecular weight is 248 g/mol. The molecule has 4 atom stereocenters. The van der Waals surface area contributed by atoms with Crippen LogP contribution in [-0.4, -0.2) is 38.7 Å². The highest BCUT2D eigenvalue weighted by Gasteiger charge is 2.44. The van der Waals surface area contributed by atoms with Crippen molar-refractivity contribution in [3.05, 3.63) is 0 Å². The maximum atomic E-state index is 11.1. The number of hydrogen-bond donors (Lipinski definition) is 2. The van der Waals surface area contributed by atoms with E-state index in [1.807, 2.05) is 0 Å². The van der Waals surface area contributed by atoms with Gasteiger partial charge in [0.05, 0.1) is 18.0 Å². The number of hydrogen-bond acceptors (Lipinski definition) is 5. The molecule has 3 N–H and O–H groups in total. The number of nitrogens with two attached hydrogens (primary N) is 1. The molecule has 0 aromatic carbocycles. The lowest BCUT2D eigenvalue weighted by atomic mass is 9.83. The van der Waals surface area contributed by atoms with E-state index >= 15 is 0 Å². The summed E-state index contributed by atoms with van der Waals surface area (Å²) in [7, 11) is -2.91. The molecule has 0 saturated carbocycles. The van der Waals surface area contributed by atoms with Crippen molar-refractivity contribution >= 4 is 9.84 Å². The zero-order valence-electron chi connectivity index (χ0n) is 9.56. The van der Waals surface area contributed by atoms with Gasteiger partial charge in [0.1, 0.15) is 9.84 Å². The number of sulfone groups is 1. The van der Waals surface area contributed by atoms with E-state index < -0.39 is 9.84 Å². The van der Waals surface area contributed by atoms with Crippen molar-refractivity contribution in [1.29, 1.82) is 0 Å². The summed E-state index contributed by atoms with van der Waals surface area (Å²) in [4.78, 5) is 0. The van der Waals surface area contributed by atoms with Crippen molar-refractivity contribution in [2.24, 2.45) is 11.8 Å². The van der Waals surface area contributed by atoms with Crippen molar-refractivity contribution in [3.8, 4) is 0 Å². The van der Waals surface area contributed by atoms with Crippen LogP contribution in [-0.2, 0) is 14.6 Å². The number of rotatable bonds is 5. The van der Waals surface area contributed by atoms with Gasteiger partial charge in [-0.1, -0.05) is 0 Å². The van der Waals surface area contributed by atoms with Crippen molar-refractivity contribution < 1.29 is 13.2 Å². The molecule has 2 heterocycles. The highest BCUT2D eigenvalue weighted by molar-refractivity contribution is 7.90. The van der Waals surface area contributed by atoms with Crippen LogP contribution in [0.4, 0.5) is 0 Å². The molecule has 2 aliphatic heterocycles. The maximum Gasteiger partial charge on any atom is 0.147 e. The molecule has 0 amide bonds. The quantitative estimate of drug-likeness (QED) is 0.521. The minimum Gasteiger partial charge on any atom is -0.375 e. The first-order valence-electron chi connectivity index (χ1n) is 5.79. The Morgan fingerprint density at radius 1 is 1.50 bits per heavy atom. The van der Waals surface area contributed by atoms with E-state index in [1.165, 1.54) is 6.26 Å². The lowest BCUT2D eigenvalue weighted by Gasteiger charge is -2.27. The zero-order valence-corrected chi connectivity index (χ0v) is 10.4. The molecule has 2 rings (SSSR count). The first-order valence-corrected chi connectivity index (χ1v) is 7.85. The van der Waals surface area contributed by atoms with Gasteiger partial charge < -0.3 is 4.74 Å². The van der Waals surface area contributed by atoms with E-state index in [-0.39, 0.29) is 17.9 Å². The first kappa shape index (κ1) is 12.3. The van der Waals surface area contributed by atoms with Crippen LogP contribution in [0.2, 0.25) is 0 Å². The lowest BCUT2D eigenvalue weighted by Crippen LogP contribution is -2.45. The molecule has 0 aliphatic carbocycles. The summed E-state index contributed by atoms with van der Waals surface area (Å²) < 4.78 is 28.0. The van der Waals surface area contributed by atoms with Gasteiger partial charge in [0.25, 0.3) is 0 Å². The Balaban J connectivity index is 1.90. The largest absolute Gasteiger partial charge is 0.375 e. The van der Waals surface area contributed by atoms with Gasteiger partial charge in [-0.3, -0.25) is 11.3 Å². The van der Waals surface area contributed by atoms with Gasteiger partial charge in [-0.15, -0.1) is 0 Å². The smallest absolute Gasteiger partial charge is 0.147 e. The second-order valence-corrected chi connectivity index (χ2v) is 7.22. The molecule has 0 spiro atoms. The SMILES string of the molecule is CS(=O)(=O)CCC(NN)C1CC2CCC1O2. The zero-order chi connectivity index (χ0) is 11.8. The molecule has 2 bridgehead atoms. The Morgan fingerprint density at radius 3 is 2.69 bits per heavy atom. The Bertz CT molecular complexity index is 344. The molecule has 4 unspecified atom stereocenters. The van der Waals surface area contributed by atoms with Gasteiger partial charge in [-0.2, -0.15) is 0 Å². The summed E-state index contributed by atoms with van der Waals surface area (Å²) in [5.41, 5.74) is 2.76. The molecule has 2 aliphatic rings. The molecular formula is C10H20N2O3S. The Labute approximate surface area is 96.6 Å². The summed E-state index contributed by atoms with van der Waals surface area (Å²) in [6.45, 7) is 0. The van der Waals surface area contributed by atoms with Crippen LogP contribution in [0.15, 0.2) is 0 Å². The minimum absolute atomic E-state index is 0.0602. The molecular weight excluding hydrogens is 228 g/mol. The molecule has 5 nitrogen and oxygen atoms in total. The van der Waals surface area contributed by atoms with E-state index in [0.717, 1.165) is 19.3 Å². The van der Waals surface area contributed by atoms with E-state index in [2.05, 4.69) is 5.43 Å². The Morgan fingerprint density at radius 2 is 2.25 bits per heavy atom. The number of nitrogens with one attached hydrogen (secondary N) is 1. The van der Waals surface area contributed by atoms with E-state index in [0.29, 0.717) is 18.4 Å². The lowest BCUT2D eigenvalue weighted by molar-refractivity contribution is 0.0854. The fourth-order valence-electron chi connectivity index (χ4n) is 2.86. The maximum absolute atomic E-state index is 11.1. The van der Waals surface area contributed by atoms with Crippen LogP contribution in [0, 0.1) is 5.92 Å². The molecule has 0 radical (unpaired) electrons. The summed E-state index contributed by atoms with van der Waals surface area (Å²) in [5, 5.41) is 0. The Kier molecular flexibility index (Phi) is 3.53. The van der Waals surface area contributed by atoms with Gasteiger partial charge >= 0.3 is 0 Å². The third-order valence-electron chi connectivity index (χ3n) is 3.68. The van der Waals surface area contributed by atoms with Crippen molar-refractivity contribution in [2.45, 2.75) is 43.9 Å². The van der Waals surface area contributed by atoms with Crippen LogP contribution in [0.25, 0.3) is 0 Å². The highest BCUT2D eigenvalue weighted by Crippen LogP contribution is 2.40. The van der Waals surface area contributed by atoms with E-state index in [1.54, 1.807) is 0 Å². The predicted molar refractivity (Wildman–Crippen MR) is 61.4 cm³/mol. The molecule has 2 saturated heterocycles. The van der Waals surface area contributed by atoms with Crippen molar-refractivity contribution in [1.82, 2.24) is 5.43 Å². The fourth-order valence-corrected chi connectivity index (χ4v) is 3.54. The summed E-state index contributed by atoms with van der Waals surface area (Å²) in [5.74, 6) is 6.08. The van der Waals surface area contributed by atoms with Crippen LogP contribution in [0.3, 0.4) is 0 Å². The summed E-state index contributed by atoms with van der Waals surface area (Å²) in [6, 6.07) is 0.0602. The topological polar surface area (TPSA) is 81.4 Å². The number of fused-ring (bicyclic) bond motifs is 2. The molecule has 94 valence electrons. The predicted octanol–water partition coefficient (Wildman–Crippen LogP) is -0.179. The minimum atomic E-state index is -2.91. The fraction of sp³-hybridized carbons (Fsp3) is 1.00. The van der Waals surface area contributed by atoms with Gasteiger partial charge in [0.2, 0.25) is 0 Å². The monoisotopic (exact) mass is 248 g/mol. The highest BCUT2D eigenvalue weighted by atomic mass is 32.2. The second kappa shape index (κ2) is 4.60. The van der Waals surface area contributed by atoms with Crippen molar-refractivity contribution in [2.75, 3.05) is 12.0 Å². The number of ether oxygens (including phenoxy) is 1. The van der Waals surface area contributed by atoms with Gasteiger partial charge in [0, 0.05) is 18.2 Å². The van der Waals surface area contributed by atoms with Crippen LogP contribution in [0.5, 0.6) is 0 Å². The first-order chi connectivity index (χ1) is 7.49. The van der Waals surface area contributed by atoms with Crippen LogP contribution >= 0.6 is 0 Å².